The summed E-state index contributed by atoms with van der Waals surface area (Å²) in [6.45, 7) is 13.1. The fourth-order valence-corrected chi connectivity index (χ4v) is 1.85. The Hall–Kier alpha value is -1.38. The van der Waals surface area contributed by atoms with Gasteiger partial charge in [-0.1, -0.05) is 20.8 Å². The van der Waals surface area contributed by atoms with Gasteiger partial charge in [0.05, 0.1) is 17.3 Å². The number of rotatable bonds is 0. The van der Waals surface area contributed by atoms with Crippen LogP contribution in [0.3, 0.4) is 0 Å². The highest BCUT2D eigenvalue weighted by molar-refractivity contribution is 5.75. The first-order valence-electron chi connectivity index (χ1n) is 6.04. The Balaban J connectivity index is 2.67. The lowest BCUT2D eigenvalue weighted by atomic mass is 9.88. The largest absolute Gasteiger partial charge is 0.258 e. The van der Waals surface area contributed by atoms with Crippen molar-refractivity contribution in [1.82, 2.24) is 14.8 Å². The molecule has 0 aliphatic rings. The van der Waals surface area contributed by atoms with E-state index in [0.29, 0.717) is 0 Å². The maximum atomic E-state index is 4.50. The van der Waals surface area contributed by atoms with Gasteiger partial charge >= 0.3 is 0 Å². The van der Waals surface area contributed by atoms with Crippen molar-refractivity contribution in [3.05, 3.63) is 24.0 Å². The second-order valence-electron chi connectivity index (χ2n) is 6.61. The number of nitrogens with zero attached hydrogens (tertiary/aromatic N) is 3. The minimum atomic E-state index is -0.0140. The number of fused-ring (bicyclic) bond motifs is 1. The summed E-state index contributed by atoms with van der Waals surface area (Å²) in [6, 6.07) is 2.21. The SMILES string of the molecule is CC(C)(C)c1cnc2cnn(C(C)(C)C)c2c1. The van der Waals surface area contributed by atoms with Crippen molar-refractivity contribution in [2.45, 2.75) is 52.5 Å². The zero-order chi connectivity index (χ0) is 12.8. The molecule has 2 aromatic rings. The minimum Gasteiger partial charge on any atom is -0.258 e. The highest BCUT2D eigenvalue weighted by Crippen LogP contribution is 2.26. The number of aromatic nitrogens is 3. The summed E-state index contributed by atoms with van der Waals surface area (Å²) < 4.78 is 2.05. The van der Waals surface area contributed by atoms with E-state index in [2.05, 4.69) is 57.7 Å². The molecule has 2 aromatic heterocycles. The van der Waals surface area contributed by atoms with E-state index in [9.17, 15) is 0 Å². The molecule has 0 N–H and O–H groups in total. The Labute approximate surface area is 103 Å². The van der Waals surface area contributed by atoms with Crippen molar-refractivity contribution in [3.63, 3.8) is 0 Å². The van der Waals surface area contributed by atoms with Gasteiger partial charge in [0.2, 0.25) is 0 Å². The van der Waals surface area contributed by atoms with E-state index in [0.717, 1.165) is 11.0 Å². The Morgan fingerprint density at radius 2 is 1.65 bits per heavy atom. The summed E-state index contributed by atoms with van der Waals surface area (Å²) in [5, 5.41) is 4.44. The molecular weight excluding hydrogens is 210 g/mol. The molecule has 0 saturated carbocycles. The first-order chi connectivity index (χ1) is 7.69. The van der Waals surface area contributed by atoms with E-state index in [4.69, 9.17) is 0 Å². The smallest absolute Gasteiger partial charge is 0.108 e. The molecule has 2 heterocycles. The summed E-state index contributed by atoms with van der Waals surface area (Å²) in [5.41, 5.74) is 3.43. The fraction of sp³-hybridized carbons (Fsp3) is 0.571. The van der Waals surface area contributed by atoms with Gasteiger partial charge in [-0.15, -0.1) is 0 Å². The van der Waals surface area contributed by atoms with Gasteiger partial charge < -0.3 is 0 Å². The second kappa shape index (κ2) is 3.56. The zero-order valence-electron chi connectivity index (χ0n) is 11.6. The highest BCUT2D eigenvalue weighted by atomic mass is 15.3. The van der Waals surface area contributed by atoms with Gasteiger partial charge in [0.1, 0.15) is 5.52 Å². The van der Waals surface area contributed by atoms with Gasteiger partial charge in [-0.25, -0.2) is 0 Å². The van der Waals surface area contributed by atoms with Crippen molar-refractivity contribution in [2.75, 3.05) is 0 Å². The molecule has 0 atom stereocenters. The van der Waals surface area contributed by atoms with Crippen molar-refractivity contribution >= 4 is 11.0 Å². The standard InChI is InChI=1S/C14H21N3/c1-13(2,3)10-7-12-11(15-8-10)9-16-17(12)14(4,5)6/h7-9H,1-6H3. The van der Waals surface area contributed by atoms with Crippen LogP contribution in [0, 0.1) is 0 Å². The van der Waals surface area contributed by atoms with Crippen LogP contribution in [0.1, 0.15) is 47.1 Å². The monoisotopic (exact) mass is 231 g/mol. The molecule has 3 nitrogen and oxygen atoms in total. The van der Waals surface area contributed by atoms with E-state index >= 15 is 0 Å². The van der Waals surface area contributed by atoms with Gasteiger partial charge in [0.15, 0.2) is 0 Å². The van der Waals surface area contributed by atoms with Crippen LogP contribution in [0.5, 0.6) is 0 Å². The average molecular weight is 231 g/mol. The third kappa shape index (κ3) is 2.19. The first kappa shape index (κ1) is 12.1. The highest BCUT2D eigenvalue weighted by Gasteiger charge is 2.20. The molecular formula is C14H21N3. The van der Waals surface area contributed by atoms with E-state index in [1.165, 1.54) is 5.56 Å². The number of hydrogen-bond donors (Lipinski definition) is 0. The quantitative estimate of drug-likeness (QED) is 0.695. The van der Waals surface area contributed by atoms with Crippen molar-refractivity contribution in [3.8, 4) is 0 Å². The molecule has 92 valence electrons. The Kier molecular flexibility index (Phi) is 2.53. The van der Waals surface area contributed by atoms with Crippen LogP contribution < -0.4 is 0 Å². The molecule has 0 radical (unpaired) electrons. The average Bonchev–Trinajstić information content (AvgIpc) is 2.57. The molecule has 0 aliphatic heterocycles. The molecule has 0 unspecified atom stereocenters. The van der Waals surface area contributed by atoms with E-state index in [1.54, 1.807) is 0 Å². The number of hydrogen-bond acceptors (Lipinski definition) is 2. The Morgan fingerprint density at radius 1 is 1.00 bits per heavy atom. The summed E-state index contributed by atoms with van der Waals surface area (Å²) in [5.74, 6) is 0. The molecule has 0 saturated heterocycles. The molecule has 2 rings (SSSR count). The van der Waals surface area contributed by atoms with Gasteiger partial charge in [-0.3, -0.25) is 9.67 Å². The number of pyridine rings is 1. The Bertz CT molecular complexity index is 539. The minimum absolute atomic E-state index is 0.0140. The normalized spacial score (nSPS) is 13.3. The van der Waals surface area contributed by atoms with Crippen molar-refractivity contribution in [1.29, 1.82) is 0 Å². The fourth-order valence-electron chi connectivity index (χ4n) is 1.85. The van der Waals surface area contributed by atoms with Crippen LogP contribution in [0.15, 0.2) is 18.5 Å². The van der Waals surface area contributed by atoms with E-state index in [-0.39, 0.29) is 11.0 Å². The maximum absolute atomic E-state index is 4.50. The van der Waals surface area contributed by atoms with Crippen molar-refractivity contribution in [2.24, 2.45) is 0 Å². The first-order valence-corrected chi connectivity index (χ1v) is 6.04. The van der Waals surface area contributed by atoms with Crippen LogP contribution >= 0.6 is 0 Å². The van der Waals surface area contributed by atoms with Crippen molar-refractivity contribution < 1.29 is 0 Å². The van der Waals surface area contributed by atoms with Gasteiger partial charge in [-0.05, 0) is 37.8 Å². The second-order valence-corrected chi connectivity index (χ2v) is 6.61. The van der Waals surface area contributed by atoms with Gasteiger partial charge in [-0.2, -0.15) is 5.10 Å². The molecule has 0 spiro atoms. The summed E-state index contributed by atoms with van der Waals surface area (Å²) in [6.07, 6.45) is 3.80. The van der Waals surface area contributed by atoms with Crippen LogP contribution in [-0.2, 0) is 11.0 Å². The zero-order valence-corrected chi connectivity index (χ0v) is 11.6. The Morgan fingerprint density at radius 3 is 2.18 bits per heavy atom. The predicted octanol–water partition coefficient (Wildman–Crippen LogP) is 3.48. The lowest BCUT2D eigenvalue weighted by Gasteiger charge is -2.22. The van der Waals surface area contributed by atoms with Crippen LogP contribution in [0.25, 0.3) is 11.0 Å². The molecule has 0 aliphatic carbocycles. The third-order valence-electron chi connectivity index (χ3n) is 2.92. The summed E-state index contributed by atoms with van der Waals surface area (Å²) in [4.78, 5) is 4.50. The van der Waals surface area contributed by atoms with E-state index < -0.39 is 0 Å². The predicted molar refractivity (Wildman–Crippen MR) is 71.2 cm³/mol. The molecule has 0 aromatic carbocycles. The van der Waals surface area contributed by atoms with Gasteiger partial charge in [0.25, 0.3) is 0 Å². The molecule has 0 amide bonds. The van der Waals surface area contributed by atoms with Crippen LogP contribution in [0.2, 0.25) is 0 Å². The molecule has 3 heteroatoms. The lowest BCUT2D eigenvalue weighted by molar-refractivity contribution is 0.368. The van der Waals surface area contributed by atoms with Gasteiger partial charge in [0, 0.05) is 6.20 Å². The topological polar surface area (TPSA) is 30.7 Å². The third-order valence-corrected chi connectivity index (χ3v) is 2.92. The molecule has 0 bridgehead atoms. The van der Waals surface area contributed by atoms with Crippen LogP contribution in [-0.4, -0.2) is 14.8 Å². The summed E-state index contributed by atoms with van der Waals surface area (Å²) >= 11 is 0. The van der Waals surface area contributed by atoms with Crippen LogP contribution in [0.4, 0.5) is 0 Å². The molecule has 0 fully saturated rings. The summed E-state index contributed by atoms with van der Waals surface area (Å²) in [7, 11) is 0. The maximum Gasteiger partial charge on any atom is 0.108 e. The molecule has 17 heavy (non-hydrogen) atoms. The van der Waals surface area contributed by atoms with E-state index in [1.807, 2.05) is 17.1 Å². The lowest BCUT2D eigenvalue weighted by Crippen LogP contribution is -2.23.